The Labute approximate surface area is 141 Å². The minimum Gasteiger partial charge on any atom is -0.327 e. The van der Waals surface area contributed by atoms with E-state index in [1.54, 1.807) is 24.3 Å². The van der Waals surface area contributed by atoms with Crippen LogP contribution in [0.4, 0.5) is 18.9 Å². The molecule has 2 nitrogen and oxygen atoms in total. The van der Waals surface area contributed by atoms with Gasteiger partial charge in [0.1, 0.15) is 0 Å². The van der Waals surface area contributed by atoms with Crippen molar-refractivity contribution in [2.45, 2.75) is 23.7 Å². The molecule has 0 saturated carbocycles. The van der Waals surface area contributed by atoms with E-state index in [0.29, 0.717) is 23.5 Å². The number of carbonyl (C=O) groups excluding carboxylic acids is 1. The second kappa shape index (κ2) is 7.27. The summed E-state index contributed by atoms with van der Waals surface area (Å²) in [5, 5.41) is 2.93. The average Bonchev–Trinajstić information content (AvgIpc) is 2.45. The van der Waals surface area contributed by atoms with Gasteiger partial charge in [0.25, 0.3) is 0 Å². The van der Waals surface area contributed by atoms with Gasteiger partial charge in [-0.1, -0.05) is 23.7 Å². The minimum atomic E-state index is -4.28. The van der Waals surface area contributed by atoms with Gasteiger partial charge < -0.3 is 5.32 Å². The molecule has 1 N–H and O–H groups in total. The summed E-state index contributed by atoms with van der Waals surface area (Å²) < 4.78 is 36.9. The first-order valence-electron chi connectivity index (χ1n) is 6.62. The molecule has 0 aliphatic heterocycles. The lowest BCUT2D eigenvalue weighted by Crippen LogP contribution is -2.00. The molecule has 2 aromatic carbocycles. The number of hydrogen-bond donors (Lipinski definition) is 1. The van der Waals surface area contributed by atoms with E-state index in [1.165, 1.54) is 12.1 Å². The number of aryl methyl sites for hydroxylation is 1. The number of carbonyl (C=O) groups is 1. The van der Waals surface area contributed by atoms with Crippen molar-refractivity contribution < 1.29 is 18.0 Å². The molecule has 0 fully saturated rings. The Hall–Kier alpha value is -1.66. The number of benzene rings is 2. The summed E-state index contributed by atoms with van der Waals surface area (Å²) in [5.41, 5.74) is -0.991. The van der Waals surface area contributed by atoms with Crippen LogP contribution in [0, 0.1) is 6.92 Å². The first-order chi connectivity index (χ1) is 10.8. The van der Waals surface area contributed by atoms with Crippen LogP contribution in [0.3, 0.4) is 0 Å². The summed E-state index contributed by atoms with van der Waals surface area (Å²) in [6.07, 6.45) is 1.10. The van der Waals surface area contributed by atoms with E-state index in [-0.39, 0.29) is 16.7 Å². The quantitative estimate of drug-likeness (QED) is 0.570. The largest absolute Gasteiger partial charge is 0.446 e. The molecule has 0 radical (unpaired) electrons. The van der Waals surface area contributed by atoms with Crippen LogP contribution in [0.1, 0.15) is 16.7 Å². The number of thioether (sulfide) groups is 1. The van der Waals surface area contributed by atoms with Gasteiger partial charge >= 0.3 is 5.51 Å². The maximum absolute atomic E-state index is 12.3. The third kappa shape index (κ3) is 5.18. The number of anilines is 1. The van der Waals surface area contributed by atoms with Crippen molar-refractivity contribution in [1.29, 1.82) is 0 Å². The molecule has 23 heavy (non-hydrogen) atoms. The molecular weight excluding hydrogens is 347 g/mol. The molecule has 0 unspecified atom stereocenters. The summed E-state index contributed by atoms with van der Waals surface area (Å²) >= 11 is 5.96. The normalized spacial score (nSPS) is 11.3. The molecule has 0 atom stereocenters. The fourth-order valence-corrected chi connectivity index (χ4v) is 2.90. The molecular formula is C16H13ClF3NOS. The molecule has 1 amide bonds. The predicted octanol–water partition coefficient (Wildman–Crippen LogP) is 5.42. The predicted molar refractivity (Wildman–Crippen MR) is 87.0 cm³/mol. The van der Waals surface area contributed by atoms with Crippen LogP contribution in [-0.4, -0.2) is 11.9 Å². The van der Waals surface area contributed by atoms with Gasteiger partial charge in [0.05, 0.1) is 10.7 Å². The highest BCUT2D eigenvalue weighted by atomic mass is 35.5. The number of alkyl halides is 3. The summed E-state index contributed by atoms with van der Waals surface area (Å²) in [6.45, 7) is 1.88. The van der Waals surface area contributed by atoms with Gasteiger partial charge in [0.15, 0.2) is 0 Å². The molecule has 0 aliphatic rings. The number of amides is 1. The Balaban J connectivity index is 2.16. The fraction of sp³-hybridized carbons (Fsp3) is 0.188. The van der Waals surface area contributed by atoms with Gasteiger partial charge in [0.2, 0.25) is 6.41 Å². The monoisotopic (exact) mass is 359 g/mol. The van der Waals surface area contributed by atoms with Crippen LogP contribution in [-0.2, 0) is 11.2 Å². The van der Waals surface area contributed by atoms with E-state index >= 15 is 0 Å². The van der Waals surface area contributed by atoms with Crippen LogP contribution in [0.5, 0.6) is 0 Å². The lowest BCUT2D eigenvalue weighted by Gasteiger charge is -2.11. The zero-order valence-electron chi connectivity index (χ0n) is 12.1. The number of rotatable bonds is 5. The van der Waals surface area contributed by atoms with Crippen LogP contribution >= 0.6 is 23.4 Å². The molecule has 0 spiro atoms. The van der Waals surface area contributed by atoms with Gasteiger partial charge in [-0.15, -0.1) is 0 Å². The Morgan fingerprint density at radius 3 is 2.43 bits per heavy atom. The van der Waals surface area contributed by atoms with Crippen molar-refractivity contribution in [3.63, 3.8) is 0 Å². The van der Waals surface area contributed by atoms with Crippen LogP contribution in [0.15, 0.2) is 41.3 Å². The summed E-state index contributed by atoms with van der Waals surface area (Å²) in [4.78, 5) is 10.6. The maximum atomic E-state index is 12.3. The van der Waals surface area contributed by atoms with Gasteiger partial charge in [-0.2, -0.15) is 13.2 Å². The molecule has 0 saturated heterocycles. The van der Waals surface area contributed by atoms with E-state index in [4.69, 9.17) is 11.6 Å². The zero-order chi connectivity index (χ0) is 17.0. The molecule has 122 valence electrons. The fourth-order valence-electron chi connectivity index (χ4n) is 2.12. The van der Waals surface area contributed by atoms with Crippen LogP contribution < -0.4 is 5.32 Å². The third-order valence-electron chi connectivity index (χ3n) is 3.19. The van der Waals surface area contributed by atoms with Crippen molar-refractivity contribution in [2.24, 2.45) is 0 Å². The smallest absolute Gasteiger partial charge is 0.327 e. The Bertz CT molecular complexity index is 702. The first-order valence-corrected chi connectivity index (χ1v) is 7.82. The zero-order valence-corrected chi connectivity index (χ0v) is 13.6. The van der Waals surface area contributed by atoms with E-state index in [2.05, 4.69) is 5.32 Å². The highest BCUT2D eigenvalue weighted by molar-refractivity contribution is 8.00. The highest BCUT2D eigenvalue weighted by Crippen LogP contribution is 2.37. The molecule has 0 aromatic heterocycles. The van der Waals surface area contributed by atoms with E-state index in [9.17, 15) is 18.0 Å². The third-order valence-corrected chi connectivity index (χ3v) is 4.24. The highest BCUT2D eigenvalue weighted by Gasteiger charge is 2.28. The van der Waals surface area contributed by atoms with E-state index < -0.39 is 5.51 Å². The molecule has 2 aromatic rings. The number of hydrogen-bond acceptors (Lipinski definition) is 2. The minimum absolute atomic E-state index is 0.134. The summed E-state index contributed by atoms with van der Waals surface area (Å²) in [7, 11) is 0. The summed E-state index contributed by atoms with van der Waals surface area (Å²) in [6, 6.07) is 9.75. The molecule has 2 rings (SSSR count). The van der Waals surface area contributed by atoms with Crippen molar-refractivity contribution in [2.75, 3.05) is 5.32 Å². The van der Waals surface area contributed by atoms with E-state index in [0.717, 1.165) is 16.7 Å². The standard InChI is InChI=1S/C16H13ClF3NOS/c1-10-6-15(21-9-22)14(17)8-12(10)7-11-2-4-13(5-3-11)23-16(18,19)20/h2-6,8-9H,7H2,1H3,(H,21,22). The SMILES string of the molecule is Cc1cc(NC=O)c(Cl)cc1Cc1ccc(SC(F)(F)F)cc1. The van der Waals surface area contributed by atoms with Crippen molar-refractivity contribution >= 4 is 35.5 Å². The van der Waals surface area contributed by atoms with E-state index in [1.807, 2.05) is 6.92 Å². The lowest BCUT2D eigenvalue weighted by atomic mass is 10.00. The molecule has 0 aliphatic carbocycles. The summed E-state index contributed by atoms with van der Waals surface area (Å²) in [5.74, 6) is 0. The number of halogens is 4. The van der Waals surface area contributed by atoms with Gasteiger partial charge in [0, 0.05) is 4.90 Å². The van der Waals surface area contributed by atoms with Gasteiger partial charge in [-0.3, -0.25) is 4.79 Å². The van der Waals surface area contributed by atoms with Crippen LogP contribution in [0.2, 0.25) is 5.02 Å². The molecule has 7 heteroatoms. The topological polar surface area (TPSA) is 29.1 Å². The lowest BCUT2D eigenvalue weighted by molar-refractivity contribution is -0.105. The second-order valence-electron chi connectivity index (χ2n) is 4.89. The number of nitrogens with one attached hydrogen (secondary N) is 1. The average molecular weight is 360 g/mol. The van der Waals surface area contributed by atoms with Crippen molar-refractivity contribution in [1.82, 2.24) is 0 Å². The van der Waals surface area contributed by atoms with Crippen molar-refractivity contribution in [3.8, 4) is 0 Å². The Morgan fingerprint density at radius 2 is 1.87 bits per heavy atom. The van der Waals surface area contributed by atoms with Gasteiger partial charge in [-0.25, -0.2) is 0 Å². The van der Waals surface area contributed by atoms with Crippen LogP contribution in [0.25, 0.3) is 0 Å². The second-order valence-corrected chi connectivity index (χ2v) is 6.43. The van der Waals surface area contributed by atoms with Crippen molar-refractivity contribution in [3.05, 3.63) is 58.1 Å². The first kappa shape index (κ1) is 17.7. The maximum Gasteiger partial charge on any atom is 0.446 e. The van der Waals surface area contributed by atoms with Gasteiger partial charge in [-0.05, 0) is 66.1 Å². The molecule has 0 heterocycles. The Kier molecular flexibility index (Phi) is 5.59. The molecule has 0 bridgehead atoms. The Morgan fingerprint density at radius 1 is 1.22 bits per heavy atom.